The fourth-order valence-corrected chi connectivity index (χ4v) is 3.59. The van der Waals surface area contributed by atoms with E-state index >= 15 is 0 Å². The number of carbonyl (C=O) groups excluding carboxylic acids is 1. The van der Waals surface area contributed by atoms with Crippen LogP contribution in [0, 0.1) is 5.92 Å². The van der Waals surface area contributed by atoms with Gasteiger partial charge in [0.25, 0.3) is 5.56 Å². The van der Waals surface area contributed by atoms with Crippen LogP contribution in [0.1, 0.15) is 19.8 Å². The quantitative estimate of drug-likeness (QED) is 0.813. The maximum absolute atomic E-state index is 13.2. The molecule has 0 saturated carbocycles. The molecule has 148 valence electrons. The van der Waals surface area contributed by atoms with Gasteiger partial charge in [-0.15, -0.1) is 0 Å². The van der Waals surface area contributed by atoms with Gasteiger partial charge in [0.2, 0.25) is 5.91 Å². The molecule has 1 amide bonds. The molecule has 1 saturated heterocycles. The molecular formula is C20H24N4O4. The number of anilines is 2. The number of aliphatic carboxylic acids is 1. The molecule has 0 radical (unpaired) electrons. The number of rotatable bonds is 6. The molecule has 3 rings (SSSR count). The SMILES string of the molecule is CCN(C(=O)C1CCCN(c2cccnc2)C1)c1ccc(=O)n(CC(=O)O)c1. The summed E-state index contributed by atoms with van der Waals surface area (Å²) in [4.78, 5) is 44.0. The number of hydrogen-bond acceptors (Lipinski definition) is 5. The summed E-state index contributed by atoms with van der Waals surface area (Å²) in [6, 6.07) is 6.74. The molecule has 8 nitrogen and oxygen atoms in total. The third-order valence-corrected chi connectivity index (χ3v) is 4.95. The Morgan fingerprint density at radius 2 is 2.14 bits per heavy atom. The fraction of sp³-hybridized carbons (Fsp3) is 0.400. The van der Waals surface area contributed by atoms with E-state index in [-0.39, 0.29) is 11.8 Å². The predicted molar refractivity (Wildman–Crippen MR) is 106 cm³/mol. The second-order valence-corrected chi connectivity index (χ2v) is 6.83. The third-order valence-electron chi connectivity index (χ3n) is 4.95. The molecule has 3 heterocycles. The maximum atomic E-state index is 13.2. The Morgan fingerprint density at radius 1 is 1.32 bits per heavy atom. The van der Waals surface area contributed by atoms with Crippen LogP contribution < -0.4 is 15.4 Å². The second kappa shape index (κ2) is 8.69. The molecule has 0 aliphatic carbocycles. The molecule has 8 heteroatoms. The number of amides is 1. The lowest BCUT2D eigenvalue weighted by molar-refractivity contribution is -0.137. The van der Waals surface area contributed by atoms with E-state index in [1.807, 2.05) is 19.1 Å². The van der Waals surface area contributed by atoms with Gasteiger partial charge in [0, 0.05) is 38.1 Å². The van der Waals surface area contributed by atoms with E-state index in [1.54, 1.807) is 23.4 Å². The van der Waals surface area contributed by atoms with Crippen LogP contribution >= 0.6 is 0 Å². The molecule has 0 aromatic carbocycles. The Balaban J connectivity index is 1.79. The van der Waals surface area contributed by atoms with Gasteiger partial charge in [0.05, 0.1) is 23.5 Å². The highest BCUT2D eigenvalue weighted by Crippen LogP contribution is 2.25. The number of carboxylic acids is 1. The highest BCUT2D eigenvalue weighted by Gasteiger charge is 2.30. The molecule has 1 atom stereocenters. The van der Waals surface area contributed by atoms with Gasteiger partial charge >= 0.3 is 5.97 Å². The van der Waals surface area contributed by atoms with Gasteiger partial charge in [0.15, 0.2) is 0 Å². The zero-order chi connectivity index (χ0) is 20.1. The molecular weight excluding hydrogens is 360 g/mol. The summed E-state index contributed by atoms with van der Waals surface area (Å²) in [7, 11) is 0. The monoisotopic (exact) mass is 384 g/mol. The average Bonchev–Trinajstić information content (AvgIpc) is 2.71. The summed E-state index contributed by atoms with van der Waals surface area (Å²) >= 11 is 0. The first-order valence-corrected chi connectivity index (χ1v) is 9.38. The van der Waals surface area contributed by atoms with Crippen molar-refractivity contribution in [3.8, 4) is 0 Å². The van der Waals surface area contributed by atoms with Crippen LogP contribution in [0.4, 0.5) is 11.4 Å². The van der Waals surface area contributed by atoms with Gasteiger partial charge in [-0.05, 0) is 38.0 Å². The summed E-state index contributed by atoms with van der Waals surface area (Å²) in [6.07, 6.45) is 6.66. The molecule has 0 spiro atoms. The number of pyridine rings is 2. The standard InChI is InChI=1S/C20H24N4O4/c1-2-24(17-7-8-18(25)23(13-17)14-19(26)27)20(28)15-5-4-10-22(12-15)16-6-3-9-21-11-16/h3,6-9,11,13,15H,2,4-5,10,12,14H2,1H3,(H,26,27). The highest BCUT2D eigenvalue weighted by molar-refractivity contribution is 5.95. The van der Waals surface area contributed by atoms with Crippen LogP contribution in [0.5, 0.6) is 0 Å². The van der Waals surface area contributed by atoms with Crippen molar-refractivity contribution in [3.63, 3.8) is 0 Å². The Labute approximate surface area is 163 Å². The van der Waals surface area contributed by atoms with Crippen molar-refractivity contribution in [2.45, 2.75) is 26.3 Å². The van der Waals surface area contributed by atoms with E-state index in [4.69, 9.17) is 5.11 Å². The van der Waals surface area contributed by atoms with Gasteiger partial charge in [-0.1, -0.05) is 0 Å². The van der Waals surface area contributed by atoms with Crippen molar-refractivity contribution >= 4 is 23.3 Å². The normalized spacial score (nSPS) is 16.6. The summed E-state index contributed by atoms with van der Waals surface area (Å²) < 4.78 is 1.11. The van der Waals surface area contributed by atoms with Crippen molar-refractivity contribution in [3.05, 3.63) is 53.2 Å². The number of piperidine rings is 1. The minimum Gasteiger partial charge on any atom is -0.480 e. The zero-order valence-corrected chi connectivity index (χ0v) is 15.8. The molecule has 1 aliphatic rings. The van der Waals surface area contributed by atoms with Crippen LogP contribution in [0.15, 0.2) is 47.7 Å². The molecule has 0 bridgehead atoms. The Kier molecular flexibility index (Phi) is 6.08. The molecule has 1 aliphatic heterocycles. The Hall–Kier alpha value is -3.16. The topological polar surface area (TPSA) is 95.7 Å². The Morgan fingerprint density at radius 3 is 2.82 bits per heavy atom. The van der Waals surface area contributed by atoms with Gasteiger partial charge in [-0.2, -0.15) is 0 Å². The number of aromatic nitrogens is 2. The number of hydrogen-bond donors (Lipinski definition) is 1. The lowest BCUT2D eigenvalue weighted by atomic mass is 9.96. The first-order chi connectivity index (χ1) is 13.5. The average molecular weight is 384 g/mol. The van der Waals surface area contributed by atoms with E-state index in [2.05, 4.69) is 9.88 Å². The minimum atomic E-state index is -1.10. The van der Waals surface area contributed by atoms with Crippen molar-refractivity contribution in [1.29, 1.82) is 0 Å². The van der Waals surface area contributed by atoms with Crippen LogP contribution in [-0.4, -0.2) is 46.2 Å². The number of carboxylic acid groups (broad SMARTS) is 1. The van der Waals surface area contributed by atoms with E-state index in [0.29, 0.717) is 18.8 Å². The van der Waals surface area contributed by atoms with Crippen LogP contribution in [0.25, 0.3) is 0 Å². The van der Waals surface area contributed by atoms with Gasteiger partial charge in [0.1, 0.15) is 6.54 Å². The summed E-state index contributed by atoms with van der Waals surface area (Å²) in [5.74, 6) is -1.29. The summed E-state index contributed by atoms with van der Waals surface area (Å²) in [6.45, 7) is 3.36. The molecule has 1 fully saturated rings. The molecule has 2 aromatic rings. The van der Waals surface area contributed by atoms with E-state index in [0.717, 1.165) is 29.6 Å². The van der Waals surface area contributed by atoms with Gasteiger partial charge < -0.3 is 19.5 Å². The van der Waals surface area contributed by atoms with Crippen LogP contribution in [-0.2, 0) is 16.1 Å². The third kappa shape index (κ3) is 4.39. The smallest absolute Gasteiger partial charge is 0.323 e. The molecule has 1 unspecified atom stereocenters. The van der Waals surface area contributed by atoms with Crippen molar-refractivity contribution < 1.29 is 14.7 Å². The first kappa shape index (κ1) is 19.6. The molecule has 28 heavy (non-hydrogen) atoms. The zero-order valence-electron chi connectivity index (χ0n) is 15.8. The summed E-state index contributed by atoms with van der Waals surface area (Å²) in [5, 5.41) is 8.98. The number of nitrogens with zero attached hydrogens (tertiary/aromatic N) is 4. The fourth-order valence-electron chi connectivity index (χ4n) is 3.59. The van der Waals surface area contributed by atoms with Crippen LogP contribution in [0.2, 0.25) is 0 Å². The maximum Gasteiger partial charge on any atom is 0.323 e. The van der Waals surface area contributed by atoms with Gasteiger partial charge in [-0.25, -0.2) is 0 Å². The largest absolute Gasteiger partial charge is 0.480 e. The number of carbonyl (C=O) groups is 2. The van der Waals surface area contributed by atoms with Gasteiger partial charge in [-0.3, -0.25) is 19.4 Å². The second-order valence-electron chi connectivity index (χ2n) is 6.83. The van der Waals surface area contributed by atoms with Crippen molar-refractivity contribution in [2.24, 2.45) is 5.92 Å². The summed E-state index contributed by atoms with van der Waals surface area (Å²) in [5.41, 5.74) is 1.12. The Bertz CT molecular complexity index is 897. The predicted octanol–water partition coefficient (Wildman–Crippen LogP) is 1.60. The first-order valence-electron chi connectivity index (χ1n) is 9.38. The van der Waals surface area contributed by atoms with E-state index in [9.17, 15) is 14.4 Å². The molecule has 2 aromatic heterocycles. The highest BCUT2D eigenvalue weighted by atomic mass is 16.4. The van der Waals surface area contributed by atoms with Crippen molar-refractivity contribution in [1.82, 2.24) is 9.55 Å². The van der Waals surface area contributed by atoms with E-state index < -0.39 is 18.1 Å². The van der Waals surface area contributed by atoms with Crippen molar-refractivity contribution in [2.75, 3.05) is 29.4 Å². The molecule has 1 N–H and O–H groups in total. The van der Waals surface area contributed by atoms with E-state index in [1.165, 1.54) is 12.3 Å². The lowest BCUT2D eigenvalue weighted by Gasteiger charge is -2.36. The minimum absolute atomic E-state index is 0.0170. The lowest BCUT2D eigenvalue weighted by Crippen LogP contribution is -2.45. The van der Waals surface area contributed by atoms with Crippen LogP contribution in [0.3, 0.4) is 0 Å².